The molecule has 1 aromatic rings. The first-order valence-electron chi connectivity index (χ1n) is 8.29. The van der Waals surface area contributed by atoms with Crippen molar-refractivity contribution >= 4 is 39.5 Å². The first kappa shape index (κ1) is 17.9. The third-order valence-corrected chi connectivity index (χ3v) is 4.96. The maximum absolute atomic E-state index is 12.8. The van der Waals surface area contributed by atoms with E-state index in [2.05, 4.69) is 15.9 Å². The minimum atomic E-state index is -0.462. The summed E-state index contributed by atoms with van der Waals surface area (Å²) in [5.41, 5.74) is 0.581. The summed E-state index contributed by atoms with van der Waals surface area (Å²) in [6.45, 7) is 4.20. The van der Waals surface area contributed by atoms with Crippen molar-refractivity contribution in [1.82, 2.24) is 9.80 Å². The summed E-state index contributed by atoms with van der Waals surface area (Å²) in [6.07, 6.45) is -0.156. The van der Waals surface area contributed by atoms with Gasteiger partial charge < -0.3 is 9.64 Å². The molecule has 2 saturated heterocycles. The van der Waals surface area contributed by atoms with Crippen molar-refractivity contribution in [3.05, 3.63) is 28.7 Å². The molecule has 1 atom stereocenters. The van der Waals surface area contributed by atoms with Crippen LogP contribution in [0.3, 0.4) is 0 Å². The summed E-state index contributed by atoms with van der Waals surface area (Å²) in [7, 11) is 0. The van der Waals surface area contributed by atoms with Gasteiger partial charge in [0.15, 0.2) is 0 Å². The third kappa shape index (κ3) is 3.69. The second-order valence-electron chi connectivity index (χ2n) is 5.99. The van der Waals surface area contributed by atoms with Gasteiger partial charge in [0, 0.05) is 30.7 Å². The molecule has 2 heterocycles. The minimum absolute atomic E-state index is 0.171. The van der Waals surface area contributed by atoms with E-state index >= 15 is 0 Å². The lowest BCUT2D eigenvalue weighted by molar-refractivity contribution is -0.123. The maximum atomic E-state index is 12.8. The van der Waals surface area contributed by atoms with E-state index in [-0.39, 0.29) is 24.3 Å². The highest BCUT2D eigenvalue weighted by molar-refractivity contribution is 9.10. The van der Waals surface area contributed by atoms with Crippen molar-refractivity contribution in [2.45, 2.75) is 19.4 Å². The van der Waals surface area contributed by atoms with Gasteiger partial charge in [-0.1, -0.05) is 22.0 Å². The zero-order valence-electron chi connectivity index (χ0n) is 14.0. The van der Waals surface area contributed by atoms with E-state index in [1.807, 2.05) is 11.0 Å². The lowest BCUT2D eigenvalue weighted by atomic mass is 10.2. The van der Waals surface area contributed by atoms with Crippen LogP contribution in [0.15, 0.2) is 28.7 Å². The number of imide groups is 1. The van der Waals surface area contributed by atoms with Gasteiger partial charge in [-0.3, -0.25) is 14.5 Å². The van der Waals surface area contributed by atoms with Crippen LogP contribution in [0.25, 0.3) is 0 Å². The van der Waals surface area contributed by atoms with Gasteiger partial charge in [0.05, 0.1) is 24.8 Å². The largest absolute Gasteiger partial charge is 0.450 e. The van der Waals surface area contributed by atoms with Crippen molar-refractivity contribution in [3.8, 4) is 0 Å². The van der Waals surface area contributed by atoms with E-state index in [0.717, 1.165) is 4.47 Å². The number of hydrogen-bond acceptors (Lipinski definition) is 5. The van der Waals surface area contributed by atoms with E-state index < -0.39 is 6.04 Å². The standard InChI is InChI=1S/C17H20BrN3O4/c1-2-25-17(24)20-8-6-19(7-9-20)14-11-15(22)21(16(14)23)13-5-3-4-12(18)10-13/h3-5,10,14H,2,6-9,11H2,1H3. The SMILES string of the molecule is CCOC(=O)N1CCN(C2CC(=O)N(c3cccc(Br)c3)C2=O)CC1. The molecule has 25 heavy (non-hydrogen) atoms. The zero-order valence-corrected chi connectivity index (χ0v) is 15.6. The van der Waals surface area contributed by atoms with E-state index in [1.54, 1.807) is 30.0 Å². The van der Waals surface area contributed by atoms with Gasteiger partial charge in [0.25, 0.3) is 5.91 Å². The normalized spacial score (nSPS) is 21.8. The van der Waals surface area contributed by atoms with Crippen LogP contribution in [0.5, 0.6) is 0 Å². The highest BCUT2D eigenvalue weighted by Gasteiger charge is 2.43. The molecule has 3 rings (SSSR count). The predicted octanol–water partition coefficient (Wildman–Crippen LogP) is 1.86. The average Bonchev–Trinajstić information content (AvgIpc) is 2.90. The number of ether oxygens (including phenoxy) is 1. The fourth-order valence-electron chi connectivity index (χ4n) is 3.22. The molecular weight excluding hydrogens is 390 g/mol. The van der Waals surface area contributed by atoms with Crippen LogP contribution in [0.2, 0.25) is 0 Å². The Hall–Kier alpha value is -1.93. The molecule has 0 saturated carbocycles. The fraction of sp³-hybridized carbons (Fsp3) is 0.471. The van der Waals surface area contributed by atoms with E-state index in [4.69, 9.17) is 4.74 Å². The molecule has 0 N–H and O–H groups in total. The van der Waals surface area contributed by atoms with Crippen molar-refractivity contribution in [1.29, 1.82) is 0 Å². The lowest BCUT2D eigenvalue weighted by Gasteiger charge is -2.36. The van der Waals surface area contributed by atoms with Crippen molar-refractivity contribution < 1.29 is 19.1 Å². The van der Waals surface area contributed by atoms with Gasteiger partial charge in [0.2, 0.25) is 5.91 Å². The smallest absolute Gasteiger partial charge is 0.409 e. The Bertz CT molecular complexity index is 688. The first-order chi connectivity index (χ1) is 12.0. The average molecular weight is 410 g/mol. The number of anilines is 1. The van der Waals surface area contributed by atoms with Gasteiger partial charge in [-0.05, 0) is 25.1 Å². The second-order valence-corrected chi connectivity index (χ2v) is 6.90. The van der Waals surface area contributed by atoms with Crippen LogP contribution in [-0.2, 0) is 14.3 Å². The summed E-state index contributed by atoms with van der Waals surface area (Å²) in [5.74, 6) is -0.395. The molecule has 134 valence electrons. The molecule has 2 aliphatic heterocycles. The number of halogens is 1. The number of rotatable bonds is 3. The second kappa shape index (κ2) is 7.53. The maximum Gasteiger partial charge on any atom is 0.409 e. The van der Waals surface area contributed by atoms with Crippen molar-refractivity contribution in [2.24, 2.45) is 0 Å². The topological polar surface area (TPSA) is 70.2 Å². The predicted molar refractivity (Wildman–Crippen MR) is 95.2 cm³/mol. The molecule has 3 amide bonds. The number of hydrogen-bond donors (Lipinski definition) is 0. The Morgan fingerprint density at radius 1 is 1.24 bits per heavy atom. The number of carbonyl (C=O) groups is 3. The lowest BCUT2D eigenvalue weighted by Crippen LogP contribution is -2.54. The Kier molecular flexibility index (Phi) is 5.39. The number of piperazine rings is 1. The van der Waals surface area contributed by atoms with Gasteiger partial charge in [-0.25, -0.2) is 9.69 Å². The number of benzene rings is 1. The Morgan fingerprint density at radius 2 is 1.96 bits per heavy atom. The fourth-order valence-corrected chi connectivity index (χ4v) is 3.61. The third-order valence-electron chi connectivity index (χ3n) is 4.47. The van der Waals surface area contributed by atoms with Crippen LogP contribution in [0.1, 0.15) is 13.3 Å². The number of amides is 3. The highest BCUT2D eigenvalue weighted by atomic mass is 79.9. The Balaban J connectivity index is 1.66. The first-order valence-corrected chi connectivity index (χ1v) is 9.08. The summed E-state index contributed by atoms with van der Waals surface area (Å²) in [4.78, 5) is 41.8. The van der Waals surface area contributed by atoms with Gasteiger partial charge in [-0.2, -0.15) is 0 Å². The molecule has 7 nitrogen and oxygen atoms in total. The van der Waals surface area contributed by atoms with Crippen LogP contribution in [-0.4, -0.2) is 66.5 Å². The molecule has 0 aromatic heterocycles. The van der Waals surface area contributed by atoms with E-state index in [0.29, 0.717) is 38.5 Å². The van der Waals surface area contributed by atoms with Crippen LogP contribution < -0.4 is 4.90 Å². The molecule has 8 heteroatoms. The number of carbonyl (C=O) groups excluding carboxylic acids is 3. The Labute approximate surface area is 154 Å². The minimum Gasteiger partial charge on any atom is -0.450 e. The van der Waals surface area contributed by atoms with E-state index in [9.17, 15) is 14.4 Å². The molecule has 0 bridgehead atoms. The van der Waals surface area contributed by atoms with Crippen LogP contribution >= 0.6 is 15.9 Å². The number of nitrogens with zero attached hydrogens (tertiary/aromatic N) is 3. The molecule has 1 aromatic carbocycles. The zero-order chi connectivity index (χ0) is 18.0. The van der Waals surface area contributed by atoms with Crippen LogP contribution in [0, 0.1) is 0 Å². The molecule has 1 unspecified atom stereocenters. The molecular formula is C17H20BrN3O4. The van der Waals surface area contributed by atoms with Gasteiger partial charge >= 0.3 is 6.09 Å². The van der Waals surface area contributed by atoms with Crippen LogP contribution in [0.4, 0.5) is 10.5 Å². The van der Waals surface area contributed by atoms with E-state index in [1.165, 1.54) is 4.90 Å². The Morgan fingerprint density at radius 3 is 2.60 bits per heavy atom. The molecule has 2 aliphatic rings. The van der Waals surface area contributed by atoms with Gasteiger partial charge in [-0.15, -0.1) is 0 Å². The molecule has 2 fully saturated rings. The monoisotopic (exact) mass is 409 g/mol. The highest BCUT2D eigenvalue weighted by Crippen LogP contribution is 2.28. The molecule has 0 aliphatic carbocycles. The summed E-state index contributed by atoms with van der Waals surface area (Å²) in [6, 6.07) is 6.70. The quantitative estimate of drug-likeness (QED) is 0.712. The van der Waals surface area contributed by atoms with Crippen molar-refractivity contribution in [3.63, 3.8) is 0 Å². The molecule has 0 spiro atoms. The summed E-state index contributed by atoms with van der Waals surface area (Å²) < 4.78 is 5.82. The summed E-state index contributed by atoms with van der Waals surface area (Å²) in [5, 5.41) is 0. The van der Waals surface area contributed by atoms with Gasteiger partial charge in [0.1, 0.15) is 0 Å². The van der Waals surface area contributed by atoms with Crippen molar-refractivity contribution in [2.75, 3.05) is 37.7 Å². The molecule has 0 radical (unpaired) electrons. The summed E-state index contributed by atoms with van der Waals surface area (Å²) >= 11 is 3.36.